The van der Waals surface area contributed by atoms with Gasteiger partial charge < -0.3 is 15.5 Å². The third kappa shape index (κ3) is 6.13. The zero-order valence-electron chi connectivity index (χ0n) is 14.9. The lowest BCUT2D eigenvalue weighted by Crippen LogP contribution is -2.42. The van der Waals surface area contributed by atoms with Gasteiger partial charge in [-0.15, -0.1) is 0 Å². The summed E-state index contributed by atoms with van der Waals surface area (Å²) in [6.45, 7) is 2.67. The molecule has 0 fully saturated rings. The molecule has 138 valence electrons. The molecule has 26 heavy (non-hydrogen) atoms. The Labute approximate surface area is 158 Å². The summed E-state index contributed by atoms with van der Waals surface area (Å²) in [4.78, 5) is 30.8. The lowest BCUT2D eigenvalue weighted by atomic mass is 10.1. The third-order valence-electron chi connectivity index (χ3n) is 3.80. The van der Waals surface area contributed by atoms with Crippen LogP contribution in [0.15, 0.2) is 48.8 Å². The number of hydrogen-bond donors (Lipinski definition) is 2. The molecule has 1 atom stereocenters. The van der Waals surface area contributed by atoms with Crippen LogP contribution in [0.5, 0.6) is 0 Å². The van der Waals surface area contributed by atoms with Crippen LogP contribution in [0.3, 0.4) is 0 Å². The first-order valence-corrected chi connectivity index (χ1v) is 8.75. The van der Waals surface area contributed by atoms with Crippen LogP contribution in [0.4, 0.5) is 5.69 Å². The Morgan fingerprint density at radius 1 is 1.23 bits per heavy atom. The topological polar surface area (TPSA) is 74.3 Å². The molecule has 2 amide bonds. The molecule has 0 aliphatic carbocycles. The van der Waals surface area contributed by atoms with Crippen LogP contribution >= 0.6 is 11.6 Å². The lowest BCUT2D eigenvalue weighted by Gasteiger charge is -2.25. The molecule has 0 spiro atoms. The van der Waals surface area contributed by atoms with Gasteiger partial charge in [-0.1, -0.05) is 24.6 Å². The van der Waals surface area contributed by atoms with Crippen LogP contribution in [0.1, 0.15) is 12.5 Å². The molecule has 1 aromatic carbocycles. The summed E-state index contributed by atoms with van der Waals surface area (Å²) in [7, 11) is 1.79. The fourth-order valence-corrected chi connectivity index (χ4v) is 2.66. The summed E-state index contributed by atoms with van der Waals surface area (Å²) in [6, 6.07) is 10.5. The van der Waals surface area contributed by atoms with E-state index in [4.69, 9.17) is 11.6 Å². The summed E-state index contributed by atoms with van der Waals surface area (Å²) in [5.41, 5.74) is 1.51. The van der Waals surface area contributed by atoms with E-state index in [0.29, 0.717) is 23.8 Å². The highest BCUT2D eigenvalue weighted by atomic mass is 35.5. The van der Waals surface area contributed by atoms with E-state index in [0.717, 1.165) is 5.56 Å². The highest BCUT2D eigenvalue weighted by molar-refractivity contribution is 6.30. The zero-order chi connectivity index (χ0) is 18.9. The zero-order valence-corrected chi connectivity index (χ0v) is 15.7. The van der Waals surface area contributed by atoms with Crippen LogP contribution in [-0.2, 0) is 16.1 Å². The normalized spacial score (nSPS) is 11.7. The number of amides is 2. The first-order valence-electron chi connectivity index (χ1n) is 8.37. The second-order valence-electron chi connectivity index (χ2n) is 6.07. The first kappa shape index (κ1) is 19.9. The number of pyridine rings is 1. The predicted molar refractivity (Wildman–Crippen MR) is 103 cm³/mol. The molecule has 1 unspecified atom stereocenters. The van der Waals surface area contributed by atoms with Crippen molar-refractivity contribution in [2.75, 3.05) is 25.5 Å². The number of benzene rings is 1. The van der Waals surface area contributed by atoms with Crippen LogP contribution in [0.2, 0.25) is 5.02 Å². The molecule has 1 aromatic heterocycles. The monoisotopic (exact) mass is 374 g/mol. The van der Waals surface area contributed by atoms with Gasteiger partial charge in [0.25, 0.3) is 0 Å². The van der Waals surface area contributed by atoms with E-state index in [-0.39, 0.29) is 24.3 Å². The molecule has 7 heteroatoms. The van der Waals surface area contributed by atoms with Gasteiger partial charge in [0.15, 0.2) is 0 Å². The molecule has 6 nitrogen and oxygen atoms in total. The molecular weight excluding hydrogens is 352 g/mol. The Morgan fingerprint density at radius 3 is 2.58 bits per heavy atom. The maximum absolute atomic E-state index is 12.7. The second-order valence-corrected chi connectivity index (χ2v) is 6.51. The molecule has 0 saturated heterocycles. The quantitative estimate of drug-likeness (QED) is 0.744. The van der Waals surface area contributed by atoms with Gasteiger partial charge in [-0.25, -0.2) is 0 Å². The van der Waals surface area contributed by atoms with Crippen molar-refractivity contribution in [3.05, 3.63) is 59.4 Å². The second kappa shape index (κ2) is 9.89. The van der Waals surface area contributed by atoms with Crippen LogP contribution in [0.25, 0.3) is 0 Å². The average molecular weight is 375 g/mol. The smallest absolute Gasteiger partial charge is 0.244 e. The summed E-state index contributed by atoms with van der Waals surface area (Å²) < 4.78 is 0. The number of carbonyl (C=O) groups is 2. The molecule has 0 bridgehead atoms. The highest BCUT2D eigenvalue weighted by Crippen LogP contribution is 2.14. The Morgan fingerprint density at radius 2 is 1.96 bits per heavy atom. The van der Waals surface area contributed by atoms with E-state index in [1.54, 1.807) is 48.6 Å². The van der Waals surface area contributed by atoms with Gasteiger partial charge in [0.05, 0.1) is 0 Å². The molecule has 1 heterocycles. The number of aromatic nitrogens is 1. The fraction of sp³-hybridized carbons (Fsp3) is 0.316. The predicted octanol–water partition coefficient (Wildman–Crippen LogP) is 2.56. The van der Waals surface area contributed by atoms with Gasteiger partial charge in [-0.3, -0.25) is 14.6 Å². The van der Waals surface area contributed by atoms with E-state index in [1.807, 2.05) is 19.1 Å². The van der Waals surface area contributed by atoms with E-state index in [1.165, 1.54) is 0 Å². The van der Waals surface area contributed by atoms with Crippen molar-refractivity contribution in [1.82, 2.24) is 15.2 Å². The molecule has 0 saturated carbocycles. The number of anilines is 1. The average Bonchev–Trinajstić information content (AvgIpc) is 2.63. The van der Waals surface area contributed by atoms with Gasteiger partial charge in [0.2, 0.25) is 11.8 Å². The number of nitrogens with one attached hydrogen (secondary N) is 2. The van der Waals surface area contributed by atoms with Crippen molar-refractivity contribution in [2.45, 2.75) is 13.5 Å². The molecule has 2 aromatic rings. The van der Waals surface area contributed by atoms with E-state index >= 15 is 0 Å². The van der Waals surface area contributed by atoms with E-state index in [9.17, 15) is 9.59 Å². The first-order chi connectivity index (χ1) is 12.5. The number of rotatable bonds is 8. The van der Waals surface area contributed by atoms with Gasteiger partial charge >= 0.3 is 0 Å². The minimum Gasteiger partial charge on any atom is -0.329 e. The maximum Gasteiger partial charge on any atom is 0.244 e. The minimum atomic E-state index is -0.263. The molecule has 0 aliphatic rings. The van der Waals surface area contributed by atoms with Gasteiger partial charge in [-0.2, -0.15) is 0 Å². The molecule has 0 radical (unpaired) electrons. The molecule has 2 N–H and O–H groups in total. The summed E-state index contributed by atoms with van der Waals surface area (Å²) in [6.07, 6.45) is 3.37. The van der Waals surface area contributed by atoms with Crippen LogP contribution in [0, 0.1) is 5.92 Å². The molecule has 0 aliphatic heterocycles. The molecule has 2 rings (SSSR count). The van der Waals surface area contributed by atoms with Crippen molar-refractivity contribution in [1.29, 1.82) is 0 Å². The summed E-state index contributed by atoms with van der Waals surface area (Å²) in [5, 5.41) is 6.38. The van der Waals surface area contributed by atoms with Crippen molar-refractivity contribution in [3.8, 4) is 0 Å². The summed E-state index contributed by atoms with van der Waals surface area (Å²) >= 11 is 5.85. The Balaban J connectivity index is 2.07. The SMILES string of the molecule is CNCC(C)C(=O)N(CC(=O)Nc1ccc(Cl)cc1)Cc1cccnc1. The number of hydrogen-bond acceptors (Lipinski definition) is 4. The Kier molecular flexibility index (Phi) is 7.56. The molecular formula is C19H23ClN4O2. The van der Waals surface area contributed by atoms with Crippen molar-refractivity contribution in [3.63, 3.8) is 0 Å². The van der Waals surface area contributed by atoms with Crippen LogP contribution < -0.4 is 10.6 Å². The minimum absolute atomic E-state index is 0.0373. The number of carbonyl (C=O) groups excluding carboxylic acids is 2. The number of halogens is 1. The largest absolute Gasteiger partial charge is 0.329 e. The fourth-order valence-electron chi connectivity index (χ4n) is 2.54. The highest BCUT2D eigenvalue weighted by Gasteiger charge is 2.22. The maximum atomic E-state index is 12.7. The Bertz CT molecular complexity index is 722. The summed E-state index contributed by atoms with van der Waals surface area (Å²) in [5.74, 6) is -0.587. The third-order valence-corrected chi connectivity index (χ3v) is 4.05. The van der Waals surface area contributed by atoms with E-state index in [2.05, 4.69) is 15.6 Å². The Hall–Kier alpha value is -2.44. The lowest BCUT2D eigenvalue weighted by molar-refractivity contribution is -0.138. The van der Waals surface area contributed by atoms with Gasteiger partial charge in [0.1, 0.15) is 6.54 Å². The number of nitrogens with zero attached hydrogens (tertiary/aromatic N) is 2. The van der Waals surface area contributed by atoms with Crippen molar-refractivity contribution < 1.29 is 9.59 Å². The van der Waals surface area contributed by atoms with Crippen LogP contribution in [-0.4, -0.2) is 41.8 Å². The van der Waals surface area contributed by atoms with Gasteiger partial charge in [0, 0.05) is 42.1 Å². The van der Waals surface area contributed by atoms with Gasteiger partial charge in [-0.05, 0) is 42.9 Å². The van der Waals surface area contributed by atoms with Crippen molar-refractivity contribution in [2.24, 2.45) is 5.92 Å². The standard InChI is InChI=1S/C19H23ClN4O2/c1-14(10-21-2)19(26)24(12-15-4-3-9-22-11-15)13-18(25)23-17-7-5-16(20)6-8-17/h3-9,11,14,21H,10,12-13H2,1-2H3,(H,23,25). The van der Waals surface area contributed by atoms with E-state index < -0.39 is 0 Å². The van der Waals surface area contributed by atoms with Crippen molar-refractivity contribution >= 4 is 29.1 Å².